The average Bonchev–Trinajstić information content (AvgIpc) is 2.51. The number of amides is 1. The summed E-state index contributed by atoms with van der Waals surface area (Å²) in [5.74, 6) is -0.386. The van der Waals surface area contributed by atoms with Crippen LogP contribution in [0.15, 0.2) is 30.3 Å². The molecule has 0 saturated carbocycles. The van der Waals surface area contributed by atoms with Gasteiger partial charge < -0.3 is 19.5 Å². The molecule has 1 N–H and O–H groups in total. The molecule has 0 heterocycles. The van der Waals surface area contributed by atoms with Gasteiger partial charge in [0.05, 0.1) is 31.3 Å². The lowest BCUT2D eigenvalue weighted by Gasteiger charge is -2.24. The number of nitrogens with one attached hydrogen (secondary N) is 1. The predicted molar refractivity (Wildman–Crippen MR) is 90.5 cm³/mol. The lowest BCUT2D eigenvalue weighted by molar-refractivity contribution is -0.144. The number of ether oxygens (including phenoxy) is 3. The van der Waals surface area contributed by atoms with Crippen molar-refractivity contribution in [3.63, 3.8) is 0 Å². The highest BCUT2D eigenvalue weighted by Gasteiger charge is 2.21. The Labute approximate surface area is 143 Å². The molecule has 6 nitrogen and oxygen atoms in total. The molecule has 0 spiro atoms. The van der Waals surface area contributed by atoms with Gasteiger partial charge in [-0.05, 0) is 33.3 Å². The number of carbonyl (C=O) groups is 2. The number of hydrogen-bond acceptors (Lipinski definition) is 5. The van der Waals surface area contributed by atoms with E-state index in [2.05, 4.69) is 5.32 Å². The molecular weight excluding hydrogens is 310 g/mol. The Morgan fingerprint density at radius 1 is 1.12 bits per heavy atom. The highest BCUT2D eigenvalue weighted by Crippen LogP contribution is 2.09. The normalized spacial score (nSPS) is 12.3. The number of hydrogen-bond donors (Lipinski definition) is 1. The molecular formula is C18H27NO5. The summed E-state index contributed by atoms with van der Waals surface area (Å²) >= 11 is 0. The largest absolute Gasteiger partial charge is 0.466 e. The molecule has 0 aliphatic carbocycles. The van der Waals surface area contributed by atoms with Crippen LogP contribution in [-0.2, 0) is 25.6 Å². The molecule has 134 valence electrons. The summed E-state index contributed by atoms with van der Waals surface area (Å²) in [6.45, 7) is 8.11. The number of esters is 1. The van der Waals surface area contributed by atoms with Crippen molar-refractivity contribution < 1.29 is 23.8 Å². The second-order valence-electron chi connectivity index (χ2n) is 6.34. The first-order valence-corrected chi connectivity index (χ1v) is 8.07. The van der Waals surface area contributed by atoms with Crippen molar-refractivity contribution in [1.82, 2.24) is 5.32 Å². The van der Waals surface area contributed by atoms with Crippen molar-refractivity contribution in [1.29, 1.82) is 0 Å². The number of benzene rings is 1. The number of alkyl carbamates (subject to hydrolysis) is 1. The van der Waals surface area contributed by atoms with Crippen molar-refractivity contribution in [3.05, 3.63) is 35.9 Å². The molecule has 0 bridgehead atoms. The zero-order valence-corrected chi connectivity index (χ0v) is 14.8. The zero-order valence-electron chi connectivity index (χ0n) is 14.8. The Morgan fingerprint density at radius 3 is 2.38 bits per heavy atom. The van der Waals surface area contributed by atoms with Crippen molar-refractivity contribution in [2.24, 2.45) is 0 Å². The van der Waals surface area contributed by atoms with Gasteiger partial charge in [0, 0.05) is 0 Å². The number of carbonyl (C=O) groups excluding carboxylic acids is 2. The quantitative estimate of drug-likeness (QED) is 0.738. The SMILES string of the molecule is CCOC(=O)CC(COC(C)(C)C)NC(=O)OCc1ccccc1. The number of rotatable bonds is 8. The van der Waals surface area contributed by atoms with Crippen LogP contribution in [0.25, 0.3) is 0 Å². The third kappa shape index (κ3) is 9.15. The first-order valence-electron chi connectivity index (χ1n) is 8.07. The maximum atomic E-state index is 11.9. The van der Waals surface area contributed by atoms with E-state index in [1.807, 2.05) is 51.1 Å². The van der Waals surface area contributed by atoms with Crippen molar-refractivity contribution in [2.45, 2.75) is 52.4 Å². The minimum Gasteiger partial charge on any atom is -0.466 e. The van der Waals surface area contributed by atoms with Crippen LogP contribution in [0.4, 0.5) is 4.79 Å². The molecule has 0 saturated heterocycles. The molecule has 6 heteroatoms. The van der Waals surface area contributed by atoms with Gasteiger partial charge in [0.2, 0.25) is 0 Å². The molecule has 0 fully saturated rings. The van der Waals surface area contributed by atoms with E-state index in [0.29, 0.717) is 6.61 Å². The van der Waals surface area contributed by atoms with E-state index in [4.69, 9.17) is 14.2 Å². The fourth-order valence-electron chi connectivity index (χ4n) is 1.85. The van der Waals surface area contributed by atoms with Gasteiger partial charge in [0.1, 0.15) is 6.61 Å². The van der Waals surface area contributed by atoms with Crippen molar-refractivity contribution in [3.8, 4) is 0 Å². The lowest BCUT2D eigenvalue weighted by atomic mass is 10.1. The van der Waals surface area contributed by atoms with Gasteiger partial charge in [-0.15, -0.1) is 0 Å². The molecule has 1 aromatic carbocycles. The van der Waals surface area contributed by atoms with Crippen LogP contribution >= 0.6 is 0 Å². The second-order valence-corrected chi connectivity index (χ2v) is 6.34. The van der Waals surface area contributed by atoms with Crippen molar-refractivity contribution >= 4 is 12.1 Å². The van der Waals surface area contributed by atoms with E-state index in [9.17, 15) is 9.59 Å². The third-order valence-electron chi connectivity index (χ3n) is 2.97. The molecule has 24 heavy (non-hydrogen) atoms. The Hall–Kier alpha value is -2.08. The van der Waals surface area contributed by atoms with E-state index >= 15 is 0 Å². The highest BCUT2D eigenvalue weighted by atomic mass is 16.6. The van der Waals surface area contributed by atoms with Crippen LogP contribution < -0.4 is 5.32 Å². The maximum Gasteiger partial charge on any atom is 0.407 e. The molecule has 0 aliphatic heterocycles. The minimum absolute atomic E-state index is 0.0321. The van der Waals surface area contributed by atoms with Gasteiger partial charge in [-0.2, -0.15) is 0 Å². The van der Waals surface area contributed by atoms with E-state index in [0.717, 1.165) is 5.56 Å². The summed E-state index contributed by atoms with van der Waals surface area (Å²) in [5.41, 5.74) is 0.517. The second kappa shape index (κ2) is 9.93. The monoisotopic (exact) mass is 337 g/mol. The van der Waals surface area contributed by atoms with Crippen molar-refractivity contribution in [2.75, 3.05) is 13.2 Å². The average molecular weight is 337 g/mol. The Kier molecular flexibility index (Phi) is 8.26. The van der Waals surface area contributed by atoms with Crippen LogP contribution in [0, 0.1) is 0 Å². The Bertz CT molecular complexity index is 510. The van der Waals surface area contributed by atoms with Gasteiger partial charge in [0.25, 0.3) is 0 Å². The summed E-state index contributed by atoms with van der Waals surface area (Å²) in [4.78, 5) is 23.6. The first-order chi connectivity index (χ1) is 11.3. The Balaban J connectivity index is 2.51. The summed E-state index contributed by atoms with van der Waals surface area (Å²) < 4.78 is 15.8. The zero-order chi connectivity index (χ0) is 18.0. The Morgan fingerprint density at radius 2 is 1.79 bits per heavy atom. The molecule has 0 radical (unpaired) electrons. The smallest absolute Gasteiger partial charge is 0.407 e. The third-order valence-corrected chi connectivity index (χ3v) is 2.97. The molecule has 1 atom stereocenters. The van der Waals surface area contributed by atoms with Gasteiger partial charge in [-0.1, -0.05) is 30.3 Å². The molecule has 1 aromatic rings. The van der Waals surface area contributed by atoms with Crippen LogP contribution in [0.5, 0.6) is 0 Å². The van der Waals surface area contributed by atoms with E-state index < -0.39 is 12.1 Å². The molecule has 0 aromatic heterocycles. The molecule has 0 aliphatic rings. The first kappa shape index (κ1) is 20.0. The van der Waals surface area contributed by atoms with Gasteiger partial charge in [-0.25, -0.2) is 4.79 Å². The minimum atomic E-state index is -0.592. The van der Waals surface area contributed by atoms with Gasteiger partial charge in [-0.3, -0.25) is 4.79 Å². The standard InChI is InChI=1S/C18H27NO5/c1-5-22-16(20)11-15(13-24-18(2,3)4)19-17(21)23-12-14-9-7-6-8-10-14/h6-10,15H,5,11-13H2,1-4H3,(H,19,21). The maximum absolute atomic E-state index is 11.9. The fraction of sp³-hybridized carbons (Fsp3) is 0.556. The summed E-state index contributed by atoms with van der Waals surface area (Å²) in [5, 5.41) is 2.66. The summed E-state index contributed by atoms with van der Waals surface area (Å²) in [6.07, 6.45) is -0.560. The molecule has 1 rings (SSSR count). The van der Waals surface area contributed by atoms with Crippen LogP contribution in [-0.4, -0.2) is 36.9 Å². The van der Waals surface area contributed by atoms with E-state index in [-0.39, 0.29) is 31.2 Å². The van der Waals surface area contributed by atoms with Crippen LogP contribution in [0.1, 0.15) is 39.7 Å². The highest BCUT2D eigenvalue weighted by molar-refractivity contribution is 5.72. The summed E-state index contributed by atoms with van der Waals surface area (Å²) in [7, 11) is 0. The molecule has 1 amide bonds. The topological polar surface area (TPSA) is 73.9 Å². The predicted octanol–water partition coefficient (Wildman–Crippen LogP) is 3.05. The van der Waals surface area contributed by atoms with Gasteiger partial charge in [0.15, 0.2) is 0 Å². The van der Waals surface area contributed by atoms with Gasteiger partial charge >= 0.3 is 12.1 Å². The fourth-order valence-corrected chi connectivity index (χ4v) is 1.85. The molecule has 1 unspecified atom stereocenters. The van der Waals surface area contributed by atoms with E-state index in [1.165, 1.54) is 0 Å². The lowest BCUT2D eigenvalue weighted by Crippen LogP contribution is -2.42. The van der Waals surface area contributed by atoms with Crippen LogP contribution in [0.2, 0.25) is 0 Å². The van der Waals surface area contributed by atoms with E-state index in [1.54, 1.807) is 6.92 Å². The summed E-state index contributed by atoms with van der Waals surface area (Å²) in [6, 6.07) is 8.86. The van der Waals surface area contributed by atoms with Crippen LogP contribution in [0.3, 0.4) is 0 Å².